The van der Waals surface area contributed by atoms with Crippen molar-refractivity contribution >= 4 is 21.4 Å². The van der Waals surface area contributed by atoms with Crippen molar-refractivity contribution in [3.63, 3.8) is 0 Å². The van der Waals surface area contributed by atoms with Gasteiger partial charge in [-0.2, -0.15) is 0 Å². The molecule has 1 aliphatic carbocycles. The highest BCUT2D eigenvalue weighted by Gasteiger charge is 2.31. The van der Waals surface area contributed by atoms with Crippen LogP contribution in [0.2, 0.25) is 0 Å². The number of aromatic nitrogens is 1. The van der Waals surface area contributed by atoms with Crippen molar-refractivity contribution in [3.8, 4) is 5.75 Å². The maximum atomic E-state index is 12.7. The van der Waals surface area contributed by atoms with Gasteiger partial charge in [0.15, 0.2) is 5.69 Å². The topological polar surface area (TPSA) is 111 Å². The molecule has 0 aliphatic heterocycles. The Balaban J connectivity index is 1.74. The predicted molar refractivity (Wildman–Crippen MR) is 96.9 cm³/mol. The van der Waals surface area contributed by atoms with Crippen LogP contribution in [0.1, 0.15) is 29.8 Å². The summed E-state index contributed by atoms with van der Waals surface area (Å²) in [7, 11) is -4.10. The lowest BCUT2D eigenvalue weighted by Gasteiger charge is -2.11. The average molecular weight is 429 g/mol. The molecule has 1 amide bonds. The molecule has 1 saturated carbocycles. The van der Waals surface area contributed by atoms with Crippen molar-refractivity contribution in [1.82, 2.24) is 10.3 Å². The normalized spacial score (nSPS) is 14.4. The van der Waals surface area contributed by atoms with Crippen LogP contribution < -0.4 is 15.8 Å². The number of nitrogen functional groups attached to an aromatic ring is 1. The van der Waals surface area contributed by atoms with Gasteiger partial charge in [-0.1, -0.05) is 12.8 Å². The fourth-order valence-corrected chi connectivity index (χ4v) is 3.88. The lowest BCUT2D eigenvalue weighted by atomic mass is 10.2. The summed E-state index contributed by atoms with van der Waals surface area (Å²) in [6.07, 6.45) is -0.708. The Kier molecular flexibility index (Phi) is 5.69. The second-order valence-corrected chi connectivity index (χ2v) is 8.57. The van der Waals surface area contributed by atoms with E-state index in [1.54, 1.807) is 0 Å². The van der Waals surface area contributed by atoms with Gasteiger partial charge in [0.2, 0.25) is 9.84 Å². The van der Waals surface area contributed by atoms with Gasteiger partial charge in [0, 0.05) is 12.7 Å². The van der Waals surface area contributed by atoms with Crippen molar-refractivity contribution in [1.29, 1.82) is 0 Å². The van der Waals surface area contributed by atoms with Crippen LogP contribution in [-0.2, 0) is 9.84 Å². The monoisotopic (exact) mass is 429 g/mol. The first kappa shape index (κ1) is 20.9. The molecule has 3 rings (SSSR count). The first-order chi connectivity index (χ1) is 13.6. The van der Waals surface area contributed by atoms with Gasteiger partial charge in [0.25, 0.3) is 5.91 Å². The number of carbonyl (C=O) groups is 1. The van der Waals surface area contributed by atoms with Gasteiger partial charge in [0.05, 0.1) is 15.5 Å². The number of hydrogen-bond donors (Lipinski definition) is 2. The predicted octanol–water partition coefficient (Wildman–Crippen LogP) is 2.93. The Morgan fingerprint density at radius 1 is 1.21 bits per heavy atom. The summed E-state index contributed by atoms with van der Waals surface area (Å²) in [5.74, 6) is -0.408. The molecule has 1 aromatic carbocycles. The zero-order valence-electron chi connectivity index (χ0n) is 15.1. The molecule has 3 N–H and O–H groups in total. The van der Waals surface area contributed by atoms with Crippen LogP contribution in [0.5, 0.6) is 5.75 Å². The Labute approximate surface area is 165 Å². The molecular formula is C18H18F3N3O4S. The SMILES string of the molecule is Nc1cc(S(=O)(=O)c2ccc(OC(F)(F)F)cc2)cnc1C(=O)NCCC1CC1. The number of rotatable bonds is 7. The summed E-state index contributed by atoms with van der Waals surface area (Å²) < 4.78 is 65.7. The third-order valence-electron chi connectivity index (χ3n) is 4.32. The van der Waals surface area contributed by atoms with Crippen LogP contribution in [0.15, 0.2) is 46.3 Å². The van der Waals surface area contributed by atoms with E-state index >= 15 is 0 Å². The van der Waals surface area contributed by atoms with Gasteiger partial charge in [-0.3, -0.25) is 4.79 Å². The summed E-state index contributed by atoms with van der Waals surface area (Å²) in [5.41, 5.74) is 5.59. The summed E-state index contributed by atoms with van der Waals surface area (Å²) in [6.45, 7) is 0.483. The minimum absolute atomic E-state index is 0.0892. The van der Waals surface area contributed by atoms with E-state index < -0.39 is 27.9 Å². The first-order valence-electron chi connectivity index (χ1n) is 8.71. The summed E-state index contributed by atoms with van der Waals surface area (Å²) in [4.78, 5) is 15.4. The number of pyridine rings is 1. The van der Waals surface area contributed by atoms with Crippen LogP contribution in [0, 0.1) is 5.92 Å². The van der Waals surface area contributed by atoms with Gasteiger partial charge in [-0.25, -0.2) is 13.4 Å². The number of carbonyl (C=O) groups excluding carboxylic acids is 1. The third-order valence-corrected chi connectivity index (χ3v) is 6.06. The van der Waals surface area contributed by atoms with E-state index in [-0.39, 0.29) is 21.2 Å². The molecule has 29 heavy (non-hydrogen) atoms. The van der Waals surface area contributed by atoms with Gasteiger partial charge < -0.3 is 15.8 Å². The number of benzene rings is 1. The van der Waals surface area contributed by atoms with E-state index in [9.17, 15) is 26.4 Å². The summed E-state index contributed by atoms with van der Waals surface area (Å²) >= 11 is 0. The highest BCUT2D eigenvalue weighted by molar-refractivity contribution is 7.91. The molecule has 7 nitrogen and oxygen atoms in total. The Hall–Kier alpha value is -2.82. The van der Waals surface area contributed by atoms with E-state index in [1.807, 2.05) is 0 Å². The number of sulfone groups is 1. The highest BCUT2D eigenvalue weighted by atomic mass is 32.2. The van der Waals surface area contributed by atoms with Crippen molar-refractivity contribution in [2.45, 2.75) is 35.4 Å². The molecule has 11 heteroatoms. The molecular weight excluding hydrogens is 411 g/mol. The standard InChI is InChI=1S/C18H18F3N3O4S/c19-18(20,21)28-12-3-5-13(6-4-12)29(26,27)14-9-15(22)16(24-10-14)17(25)23-8-7-11-1-2-11/h3-6,9-11H,1-2,7-8,22H2,(H,23,25). The number of nitrogens with two attached hydrogens (primary N) is 1. The Bertz CT molecular complexity index is 1000. The molecule has 0 unspecified atom stereocenters. The molecule has 156 valence electrons. The number of nitrogens with zero attached hydrogens (tertiary/aromatic N) is 1. The summed E-state index contributed by atoms with van der Waals surface area (Å²) in [5, 5.41) is 2.69. The average Bonchev–Trinajstić information content (AvgIpc) is 3.45. The quantitative estimate of drug-likeness (QED) is 0.700. The van der Waals surface area contributed by atoms with Crippen LogP contribution in [0.3, 0.4) is 0 Å². The fraction of sp³-hybridized carbons (Fsp3) is 0.333. The Morgan fingerprint density at radius 3 is 2.41 bits per heavy atom. The van der Waals surface area contributed by atoms with Crippen molar-refractivity contribution in [2.75, 3.05) is 12.3 Å². The molecule has 2 aromatic rings. The molecule has 0 spiro atoms. The van der Waals surface area contributed by atoms with Gasteiger partial charge in [-0.15, -0.1) is 13.2 Å². The smallest absolute Gasteiger partial charge is 0.406 e. The molecule has 1 aromatic heterocycles. The third kappa shape index (κ3) is 5.37. The molecule has 1 aliphatic rings. The van der Waals surface area contributed by atoms with E-state index in [0.29, 0.717) is 12.5 Å². The van der Waals surface area contributed by atoms with E-state index in [4.69, 9.17) is 5.73 Å². The fourth-order valence-electron chi connectivity index (χ4n) is 2.63. The minimum atomic E-state index is -4.88. The van der Waals surface area contributed by atoms with Crippen molar-refractivity contribution in [2.24, 2.45) is 5.92 Å². The first-order valence-corrected chi connectivity index (χ1v) is 10.2. The van der Waals surface area contributed by atoms with Gasteiger partial charge in [0.1, 0.15) is 5.75 Å². The number of halogens is 3. The molecule has 0 bridgehead atoms. The van der Waals surface area contributed by atoms with Crippen molar-refractivity contribution < 1.29 is 31.1 Å². The molecule has 0 radical (unpaired) electrons. The number of amides is 1. The minimum Gasteiger partial charge on any atom is -0.406 e. The Morgan fingerprint density at radius 2 is 1.86 bits per heavy atom. The number of anilines is 1. The summed E-state index contributed by atoms with van der Waals surface area (Å²) in [6, 6.07) is 4.83. The van der Waals surface area contributed by atoms with Crippen molar-refractivity contribution in [3.05, 3.63) is 42.2 Å². The second kappa shape index (κ2) is 7.90. The lowest BCUT2D eigenvalue weighted by Crippen LogP contribution is -2.26. The largest absolute Gasteiger partial charge is 0.573 e. The van der Waals surface area contributed by atoms with Gasteiger partial charge in [-0.05, 0) is 42.7 Å². The van der Waals surface area contributed by atoms with Crippen LogP contribution in [0.4, 0.5) is 18.9 Å². The van der Waals surface area contributed by atoms with E-state index in [2.05, 4.69) is 15.0 Å². The molecule has 1 fully saturated rings. The van der Waals surface area contributed by atoms with Crippen LogP contribution in [-0.4, -0.2) is 32.2 Å². The van der Waals surface area contributed by atoms with Gasteiger partial charge >= 0.3 is 6.36 Å². The zero-order valence-corrected chi connectivity index (χ0v) is 15.9. The van der Waals surface area contributed by atoms with Crippen LogP contribution in [0.25, 0.3) is 0 Å². The zero-order chi connectivity index (χ0) is 21.2. The highest BCUT2D eigenvalue weighted by Crippen LogP contribution is 2.32. The number of nitrogens with one attached hydrogen (secondary N) is 1. The van der Waals surface area contributed by atoms with Crippen LogP contribution >= 0.6 is 0 Å². The van der Waals surface area contributed by atoms with E-state index in [0.717, 1.165) is 55.8 Å². The second-order valence-electron chi connectivity index (χ2n) is 6.62. The number of hydrogen-bond acceptors (Lipinski definition) is 6. The number of alkyl halides is 3. The molecule has 0 atom stereocenters. The number of ether oxygens (including phenoxy) is 1. The maximum absolute atomic E-state index is 12.7. The van der Waals surface area contributed by atoms with E-state index in [1.165, 1.54) is 0 Å². The molecule has 1 heterocycles. The lowest BCUT2D eigenvalue weighted by molar-refractivity contribution is -0.274. The molecule has 0 saturated heterocycles. The maximum Gasteiger partial charge on any atom is 0.573 e.